The van der Waals surface area contributed by atoms with Crippen LogP contribution in [0.4, 0.5) is 0 Å². The number of methoxy groups -OCH3 is 2. The first-order valence-electron chi connectivity index (χ1n) is 12.8. The number of amides is 2. The van der Waals surface area contributed by atoms with Crippen molar-refractivity contribution in [2.24, 2.45) is 0 Å². The van der Waals surface area contributed by atoms with Crippen molar-refractivity contribution in [3.05, 3.63) is 65.7 Å². The minimum absolute atomic E-state index is 0.0434. The standard InChI is InChI=1S/C28H32N2O9S/c1-36-19-10-8-18(9-11-19)15-38-28(35)26(34)30-25(33)24(29-22(32)14-17-6-4-3-5-7-17)27(30)40-16-20(31)21-12-13-23(37-2)39-21/h3-11,21,23-24,26-27,34H,12-16H2,1-2H3,(H,29,32)/t21-,23-,24-,26?,27-/m1/s1. The Labute approximate surface area is 236 Å². The molecule has 2 aliphatic heterocycles. The van der Waals surface area contributed by atoms with Gasteiger partial charge in [0.15, 0.2) is 12.1 Å². The first kappa shape index (κ1) is 29.5. The topological polar surface area (TPSA) is 141 Å². The van der Waals surface area contributed by atoms with Crippen molar-refractivity contribution >= 4 is 35.3 Å². The second-order valence-corrected chi connectivity index (χ2v) is 10.4. The number of esters is 1. The van der Waals surface area contributed by atoms with Gasteiger partial charge in [-0.05, 0) is 29.7 Å². The average Bonchev–Trinajstić information content (AvgIpc) is 3.46. The zero-order chi connectivity index (χ0) is 28.6. The smallest absolute Gasteiger partial charge is 0.356 e. The number of aliphatic hydroxyl groups is 1. The monoisotopic (exact) mass is 572 g/mol. The third kappa shape index (κ3) is 7.19. The largest absolute Gasteiger partial charge is 0.497 e. The quantitative estimate of drug-likeness (QED) is 0.267. The Bertz CT molecular complexity index is 1190. The lowest BCUT2D eigenvalue weighted by atomic mass is 10.1. The molecule has 1 unspecified atom stereocenters. The Balaban J connectivity index is 1.39. The second-order valence-electron chi connectivity index (χ2n) is 9.32. The van der Waals surface area contributed by atoms with Gasteiger partial charge < -0.3 is 29.4 Å². The van der Waals surface area contributed by atoms with Crippen LogP contribution in [0.1, 0.15) is 24.0 Å². The summed E-state index contributed by atoms with van der Waals surface area (Å²) in [5.74, 6) is -1.73. The Kier molecular flexibility index (Phi) is 10.2. The first-order valence-corrected chi connectivity index (χ1v) is 13.8. The van der Waals surface area contributed by atoms with Crippen molar-refractivity contribution in [3.8, 4) is 5.75 Å². The number of Topliss-reactive ketones (excluding diaryl/α,β-unsaturated/α-hetero) is 1. The summed E-state index contributed by atoms with van der Waals surface area (Å²) in [6.45, 7) is -0.130. The number of benzene rings is 2. The van der Waals surface area contributed by atoms with Gasteiger partial charge in [-0.1, -0.05) is 42.5 Å². The molecule has 214 valence electrons. The molecule has 4 rings (SSSR count). The normalized spacial score (nSPS) is 22.8. The molecule has 2 aromatic rings. The van der Waals surface area contributed by atoms with Crippen LogP contribution < -0.4 is 10.1 Å². The predicted octanol–water partition coefficient (Wildman–Crippen LogP) is 1.41. The molecule has 2 N–H and O–H groups in total. The number of likely N-dealkylation sites (tertiary alicyclic amines) is 1. The van der Waals surface area contributed by atoms with E-state index in [4.69, 9.17) is 18.9 Å². The van der Waals surface area contributed by atoms with Gasteiger partial charge in [0, 0.05) is 13.5 Å². The SMILES string of the molecule is COc1ccc(COC(=O)C(O)N2C(=O)[C@@H](NC(=O)Cc3ccccc3)[C@H]2SCC(=O)[C@H]2CC[C@H](OC)O2)cc1. The fourth-order valence-corrected chi connectivity index (χ4v) is 5.68. The maximum Gasteiger partial charge on any atom is 0.356 e. The number of hydrogen-bond donors (Lipinski definition) is 2. The van der Waals surface area contributed by atoms with Gasteiger partial charge >= 0.3 is 5.97 Å². The molecule has 2 saturated heterocycles. The number of nitrogens with one attached hydrogen (secondary N) is 1. The Morgan fingerprint density at radius 3 is 2.45 bits per heavy atom. The lowest BCUT2D eigenvalue weighted by Gasteiger charge is -2.47. The van der Waals surface area contributed by atoms with Crippen LogP contribution in [0.25, 0.3) is 0 Å². The number of aliphatic hydroxyl groups excluding tert-OH is 1. The summed E-state index contributed by atoms with van der Waals surface area (Å²) in [5, 5.41) is 12.5. The molecule has 2 amide bonds. The molecule has 0 aliphatic carbocycles. The minimum atomic E-state index is -1.92. The van der Waals surface area contributed by atoms with Crippen molar-refractivity contribution < 1.29 is 43.2 Å². The van der Waals surface area contributed by atoms with Gasteiger partial charge in [0.05, 0.1) is 19.3 Å². The number of rotatable bonds is 13. The molecule has 5 atom stereocenters. The predicted molar refractivity (Wildman–Crippen MR) is 144 cm³/mol. The number of carbonyl (C=O) groups excluding carboxylic acids is 4. The molecule has 0 aromatic heterocycles. The molecule has 2 aliphatic rings. The molecule has 2 fully saturated rings. The fraction of sp³-hybridized carbons (Fsp3) is 0.429. The van der Waals surface area contributed by atoms with Gasteiger partial charge in [-0.2, -0.15) is 0 Å². The van der Waals surface area contributed by atoms with E-state index >= 15 is 0 Å². The summed E-state index contributed by atoms with van der Waals surface area (Å²) in [6, 6.07) is 14.8. The number of nitrogens with zero attached hydrogens (tertiary/aromatic N) is 1. The maximum absolute atomic E-state index is 13.0. The number of carbonyl (C=O) groups is 4. The molecular formula is C28H32N2O9S. The highest BCUT2D eigenvalue weighted by Gasteiger charge is 2.53. The average molecular weight is 573 g/mol. The molecule has 0 saturated carbocycles. The van der Waals surface area contributed by atoms with E-state index in [1.165, 1.54) is 14.2 Å². The van der Waals surface area contributed by atoms with Crippen LogP contribution in [-0.2, 0) is 46.4 Å². The number of ketones is 1. The molecule has 40 heavy (non-hydrogen) atoms. The van der Waals surface area contributed by atoms with Crippen LogP contribution in [0.3, 0.4) is 0 Å². The number of β-lactam (4-membered cyclic amide) rings is 1. The van der Waals surface area contributed by atoms with E-state index in [0.717, 1.165) is 22.2 Å². The zero-order valence-corrected chi connectivity index (χ0v) is 23.0. The highest BCUT2D eigenvalue weighted by molar-refractivity contribution is 8.00. The van der Waals surface area contributed by atoms with Gasteiger partial charge in [0.2, 0.25) is 12.1 Å². The Hall–Kier alpha value is -3.45. The van der Waals surface area contributed by atoms with E-state index in [2.05, 4.69) is 5.32 Å². The third-order valence-corrected chi connectivity index (χ3v) is 7.91. The van der Waals surface area contributed by atoms with Crippen LogP contribution in [0.2, 0.25) is 0 Å². The lowest BCUT2D eigenvalue weighted by molar-refractivity contribution is -0.182. The number of thioether (sulfide) groups is 1. The van der Waals surface area contributed by atoms with Gasteiger partial charge in [0.25, 0.3) is 5.91 Å². The molecule has 0 radical (unpaired) electrons. The summed E-state index contributed by atoms with van der Waals surface area (Å²) in [7, 11) is 3.04. The van der Waals surface area contributed by atoms with Crippen LogP contribution in [0, 0.1) is 0 Å². The first-order chi connectivity index (χ1) is 19.3. The molecule has 0 spiro atoms. The van der Waals surface area contributed by atoms with Gasteiger partial charge in [-0.25, -0.2) is 4.79 Å². The fourth-order valence-electron chi connectivity index (χ4n) is 4.40. The van der Waals surface area contributed by atoms with Crippen LogP contribution in [0.15, 0.2) is 54.6 Å². The lowest BCUT2D eigenvalue weighted by Crippen LogP contribution is -2.73. The van der Waals surface area contributed by atoms with Gasteiger partial charge in [-0.15, -0.1) is 11.8 Å². The summed E-state index contributed by atoms with van der Waals surface area (Å²) < 4.78 is 21.0. The minimum Gasteiger partial charge on any atom is -0.497 e. The van der Waals surface area contributed by atoms with Crippen LogP contribution in [0.5, 0.6) is 5.75 Å². The number of hydrogen-bond acceptors (Lipinski definition) is 10. The Morgan fingerprint density at radius 1 is 1.07 bits per heavy atom. The van der Waals surface area contributed by atoms with E-state index in [0.29, 0.717) is 24.2 Å². The van der Waals surface area contributed by atoms with Gasteiger partial charge in [-0.3, -0.25) is 19.3 Å². The van der Waals surface area contributed by atoms with E-state index in [1.54, 1.807) is 48.5 Å². The van der Waals surface area contributed by atoms with Crippen LogP contribution in [-0.4, -0.2) is 83.6 Å². The molecule has 12 heteroatoms. The third-order valence-electron chi connectivity index (χ3n) is 6.62. The molecule has 0 bridgehead atoms. The summed E-state index contributed by atoms with van der Waals surface area (Å²) in [5.41, 5.74) is 1.42. The summed E-state index contributed by atoms with van der Waals surface area (Å²) >= 11 is 1.04. The molecule has 2 heterocycles. The van der Waals surface area contributed by atoms with Crippen LogP contribution >= 0.6 is 11.8 Å². The number of ether oxygens (including phenoxy) is 4. The Morgan fingerprint density at radius 2 is 1.80 bits per heavy atom. The van der Waals surface area contributed by atoms with Gasteiger partial charge in [0.1, 0.15) is 29.9 Å². The van der Waals surface area contributed by atoms with E-state index in [9.17, 15) is 24.3 Å². The zero-order valence-electron chi connectivity index (χ0n) is 22.2. The van der Waals surface area contributed by atoms with Crippen molar-refractivity contribution in [2.75, 3.05) is 20.0 Å². The maximum atomic E-state index is 13.0. The van der Waals surface area contributed by atoms with Crippen molar-refractivity contribution in [2.45, 2.75) is 55.9 Å². The van der Waals surface area contributed by atoms with Crippen molar-refractivity contribution in [1.29, 1.82) is 0 Å². The summed E-state index contributed by atoms with van der Waals surface area (Å²) in [6.07, 6.45) is -1.88. The highest BCUT2D eigenvalue weighted by Crippen LogP contribution is 2.33. The molecular weight excluding hydrogens is 540 g/mol. The molecule has 11 nitrogen and oxygen atoms in total. The van der Waals surface area contributed by atoms with Crippen molar-refractivity contribution in [3.63, 3.8) is 0 Å². The van der Waals surface area contributed by atoms with E-state index in [-0.39, 0.29) is 24.6 Å². The molecule has 2 aromatic carbocycles. The van der Waals surface area contributed by atoms with E-state index in [1.807, 2.05) is 6.07 Å². The van der Waals surface area contributed by atoms with Crippen molar-refractivity contribution in [1.82, 2.24) is 10.2 Å². The van der Waals surface area contributed by atoms with E-state index < -0.39 is 47.8 Å². The highest BCUT2D eigenvalue weighted by atomic mass is 32.2. The second kappa shape index (κ2) is 13.8. The summed E-state index contributed by atoms with van der Waals surface area (Å²) in [4.78, 5) is 52.1.